The Kier molecular flexibility index (Phi) is 5.26. The van der Waals surface area contributed by atoms with Gasteiger partial charge in [0.1, 0.15) is 11.9 Å². The molecule has 2 saturated heterocycles. The fourth-order valence-corrected chi connectivity index (χ4v) is 4.72. The molecule has 0 amide bonds. The molecule has 3 atom stereocenters. The van der Waals surface area contributed by atoms with Crippen molar-refractivity contribution in [3.8, 4) is 5.88 Å². The summed E-state index contributed by atoms with van der Waals surface area (Å²) < 4.78 is 53.6. The van der Waals surface area contributed by atoms with E-state index >= 15 is 0 Å². The van der Waals surface area contributed by atoms with Crippen molar-refractivity contribution < 1.29 is 27.4 Å². The third-order valence-corrected chi connectivity index (χ3v) is 6.39. The number of ether oxygens (including phenoxy) is 2. The molecule has 9 nitrogen and oxygen atoms in total. The second kappa shape index (κ2) is 8.01. The Labute approximate surface area is 186 Å². The van der Waals surface area contributed by atoms with Crippen molar-refractivity contribution in [2.24, 2.45) is 0 Å². The van der Waals surface area contributed by atoms with Crippen LogP contribution in [-0.4, -0.2) is 71.5 Å². The summed E-state index contributed by atoms with van der Waals surface area (Å²) in [7, 11) is 1.42. The number of carbonyl (C=O) groups is 1. The number of rotatable bonds is 5. The van der Waals surface area contributed by atoms with E-state index in [1.54, 1.807) is 0 Å². The molecule has 12 heteroatoms. The first-order valence-electron chi connectivity index (χ1n) is 10.6. The second-order valence-corrected chi connectivity index (χ2v) is 8.39. The van der Waals surface area contributed by atoms with Crippen LogP contribution in [0.15, 0.2) is 29.2 Å². The average molecular weight is 465 g/mol. The number of nitrogens with zero attached hydrogens (tertiary/aromatic N) is 5. The number of alkyl halides is 3. The third-order valence-electron chi connectivity index (χ3n) is 6.39. The summed E-state index contributed by atoms with van der Waals surface area (Å²) in [6, 6.07) is 2.36. The summed E-state index contributed by atoms with van der Waals surface area (Å²) in [6.45, 7) is 0.293. The van der Waals surface area contributed by atoms with Gasteiger partial charge in [-0.3, -0.25) is 14.2 Å². The zero-order valence-electron chi connectivity index (χ0n) is 17.8. The highest BCUT2D eigenvalue weighted by atomic mass is 19.4. The molecule has 3 aliphatic heterocycles. The van der Waals surface area contributed by atoms with Crippen molar-refractivity contribution in [2.45, 2.75) is 43.8 Å². The van der Waals surface area contributed by atoms with Crippen LogP contribution >= 0.6 is 0 Å². The number of hydrogen-bond acceptors (Lipinski definition) is 8. The highest BCUT2D eigenvalue weighted by Crippen LogP contribution is 2.36. The van der Waals surface area contributed by atoms with Crippen LogP contribution in [0.3, 0.4) is 0 Å². The van der Waals surface area contributed by atoms with E-state index in [0.717, 1.165) is 11.3 Å². The van der Waals surface area contributed by atoms with Gasteiger partial charge >= 0.3 is 6.18 Å². The average Bonchev–Trinajstić information content (AvgIpc) is 3.42. The largest absolute Gasteiger partial charge is 0.481 e. The molecule has 0 spiro atoms. The lowest BCUT2D eigenvalue weighted by atomic mass is 10.1. The van der Waals surface area contributed by atoms with Gasteiger partial charge in [-0.2, -0.15) is 18.2 Å². The number of fused-ring (bicyclic) bond motifs is 3. The van der Waals surface area contributed by atoms with Crippen molar-refractivity contribution in [1.82, 2.24) is 14.5 Å². The standard InChI is InChI=1S/C21H22F3N5O4/c1-32-18-3-2-12(8-25-18)15(30)10-29-16(21(22,23)24)4-5-27-19(31)7-17(26-20(27)29)28-9-14-6-13(28)11-33-14/h2-3,7-8,13-14,16H,4-6,9-11H2,1H3/t13-,14-,16-/m0/s1. The Hall–Kier alpha value is -3.15. The molecule has 2 aromatic heterocycles. The Morgan fingerprint density at radius 1 is 1.33 bits per heavy atom. The molecular formula is C21H22F3N5O4. The SMILES string of the molecule is COc1ccc(C(=O)CN2c3nc(N4C[C@@H]5C[C@H]4CO5)cc(=O)n3CC[C@H]2C(F)(F)F)cn1. The third kappa shape index (κ3) is 3.92. The fraction of sp³-hybridized carbons (Fsp3) is 0.524. The first-order valence-corrected chi connectivity index (χ1v) is 10.6. The van der Waals surface area contributed by atoms with E-state index in [9.17, 15) is 22.8 Å². The van der Waals surface area contributed by atoms with Crippen LogP contribution in [0.25, 0.3) is 0 Å². The molecule has 2 aromatic rings. The van der Waals surface area contributed by atoms with Crippen LogP contribution in [-0.2, 0) is 11.3 Å². The summed E-state index contributed by atoms with van der Waals surface area (Å²) in [6.07, 6.45) is -2.88. The van der Waals surface area contributed by atoms with Crippen molar-refractivity contribution in [1.29, 1.82) is 0 Å². The molecule has 176 valence electrons. The lowest BCUT2D eigenvalue weighted by molar-refractivity contribution is -0.152. The number of hydrogen-bond donors (Lipinski definition) is 0. The van der Waals surface area contributed by atoms with Gasteiger partial charge in [-0.25, -0.2) is 4.98 Å². The van der Waals surface area contributed by atoms with Crippen molar-refractivity contribution in [3.05, 3.63) is 40.3 Å². The van der Waals surface area contributed by atoms with Crippen molar-refractivity contribution in [2.75, 3.05) is 36.6 Å². The molecule has 33 heavy (non-hydrogen) atoms. The molecule has 0 N–H and O–H groups in total. The number of anilines is 2. The van der Waals surface area contributed by atoms with E-state index in [0.29, 0.717) is 19.0 Å². The van der Waals surface area contributed by atoms with E-state index in [-0.39, 0.29) is 42.5 Å². The monoisotopic (exact) mass is 465 g/mol. The Bertz CT molecular complexity index is 1120. The molecule has 2 bridgehead atoms. The number of ketones is 1. The highest BCUT2D eigenvalue weighted by Gasteiger charge is 2.48. The van der Waals surface area contributed by atoms with E-state index in [1.807, 2.05) is 4.90 Å². The van der Waals surface area contributed by atoms with Crippen LogP contribution in [0, 0.1) is 0 Å². The van der Waals surface area contributed by atoms with Gasteiger partial charge < -0.3 is 19.3 Å². The van der Waals surface area contributed by atoms with Crippen molar-refractivity contribution in [3.63, 3.8) is 0 Å². The number of Topliss-reactive ketones (excluding diaryl/α,β-unsaturated/α-hetero) is 1. The van der Waals surface area contributed by atoms with Crippen LogP contribution in [0.5, 0.6) is 5.88 Å². The second-order valence-electron chi connectivity index (χ2n) is 8.39. The Morgan fingerprint density at radius 2 is 2.15 bits per heavy atom. The number of halogens is 3. The van der Waals surface area contributed by atoms with Gasteiger partial charge in [-0.15, -0.1) is 0 Å². The van der Waals surface area contributed by atoms with Gasteiger partial charge in [0.25, 0.3) is 5.56 Å². The molecule has 0 aliphatic carbocycles. The van der Waals surface area contributed by atoms with Crippen LogP contribution in [0.2, 0.25) is 0 Å². The van der Waals surface area contributed by atoms with Gasteiger partial charge in [0, 0.05) is 37.0 Å². The quantitative estimate of drug-likeness (QED) is 0.616. The Morgan fingerprint density at radius 3 is 2.76 bits per heavy atom. The maximum absolute atomic E-state index is 13.9. The maximum Gasteiger partial charge on any atom is 0.408 e. The molecule has 3 aliphatic rings. The van der Waals surface area contributed by atoms with Gasteiger partial charge in [0.2, 0.25) is 11.8 Å². The summed E-state index contributed by atoms with van der Waals surface area (Å²) >= 11 is 0. The fourth-order valence-electron chi connectivity index (χ4n) is 4.72. The summed E-state index contributed by atoms with van der Waals surface area (Å²) in [5.74, 6) is -0.121. The Balaban J connectivity index is 1.51. The number of morpholine rings is 1. The molecule has 0 aromatic carbocycles. The smallest absolute Gasteiger partial charge is 0.408 e. The summed E-state index contributed by atoms with van der Waals surface area (Å²) in [5.41, 5.74) is -0.302. The number of pyridine rings is 1. The van der Waals surface area contributed by atoms with E-state index in [1.165, 1.54) is 36.1 Å². The summed E-state index contributed by atoms with van der Waals surface area (Å²) in [5, 5.41) is 0. The maximum atomic E-state index is 13.9. The predicted molar refractivity (Wildman–Crippen MR) is 111 cm³/mol. The molecular weight excluding hydrogens is 443 g/mol. The number of aromatic nitrogens is 3. The van der Waals surface area contributed by atoms with E-state index < -0.39 is 30.1 Å². The lowest BCUT2D eigenvalue weighted by Gasteiger charge is -2.39. The molecule has 5 rings (SSSR count). The number of carbonyl (C=O) groups excluding carboxylic acids is 1. The minimum atomic E-state index is -4.60. The predicted octanol–water partition coefficient (Wildman–Crippen LogP) is 1.65. The highest BCUT2D eigenvalue weighted by molar-refractivity contribution is 5.99. The minimum absolute atomic E-state index is 0.0266. The van der Waals surface area contributed by atoms with E-state index in [2.05, 4.69) is 9.97 Å². The minimum Gasteiger partial charge on any atom is -0.481 e. The van der Waals surface area contributed by atoms with Gasteiger partial charge in [0.05, 0.1) is 32.4 Å². The molecule has 2 fully saturated rings. The summed E-state index contributed by atoms with van der Waals surface area (Å²) in [4.78, 5) is 36.9. The molecule has 0 unspecified atom stereocenters. The van der Waals surface area contributed by atoms with Crippen LogP contribution in [0.4, 0.5) is 24.9 Å². The van der Waals surface area contributed by atoms with Crippen molar-refractivity contribution >= 4 is 17.5 Å². The lowest BCUT2D eigenvalue weighted by Crippen LogP contribution is -2.54. The van der Waals surface area contributed by atoms with E-state index in [4.69, 9.17) is 9.47 Å². The first-order chi connectivity index (χ1) is 15.7. The van der Waals surface area contributed by atoms with Crippen LogP contribution in [0.1, 0.15) is 23.2 Å². The van der Waals surface area contributed by atoms with Gasteiger partial charge in [-0.05, 0) is 18.9 Å². The zero-order valence-corrected chi connectivity index (χ0v) is 17.8. The zero-order chi connectivity index (χ0) is 23.3. The molecule has 0 saturated carbocycles. The van der Waals surface area contributed by atoms with Crippen LogP contribution < -0.4 is 20.1 Å². The first kappa shape index (κ1) is 21.7. The van der Waals surface area contributed by atoms with Gasteiger partial charge in [-0.1, -0.05) is 0 Å². The molecule has 5 heterocycles. The van der Waals surface area contributed by atoms with Gasteiger partial charge in [0.15, 0.2) is 5.78 Å². The normalized spacial score (nSPS) is 24.2. The molecule has 0 radical (unpaired) electrons. The number of methoxy groups -OCH3 is 1. The topological polar surface area (TPSA) is 89.8 Å².